The molecule has 1 rings (SSSR count). The van der Waals surface area contributed by atoms with E-state index in [2.05, 4.69) is 21.0 Å². The quantitative estimate of drug-likeness (QED) is 0.880. The average Bonchev–Trinajstić information content (AvgIpc) is 2.32. The molecule has 0 atom stereocenters. The van der Waals surface area contributed by atoms with E-state index in [9.17, 15) is 4.79 Å². The van der Waals surface area contributed by atoms with Crippen molar-refractivity contribution in [2.45, 2.75) is 13.5 Å². The minimum atomic E-state index is -0.948. The molecule has 78 valence electrons. The molecule has 1 heterocycles. The van der Waals surface area contributed by atoms with Gasteiger partial charge in [0.15, 0.2) is 0 Å². The maximum absolute atomic E-state index is 10.6. The lowest BCUT2D eigenvalue weighted by Gasteiger charge is -2.12. The van der Waals surface area contributed by atoms with E-state index >= 15 is 0 Å². The smallest absolute Gasteiger partial charge is 0.407 e. The van der Waals surface area contributed by atoms with E-state index in [1.165, 1.54) is 11.9 Å². The molecule has 0 saturated heterocycles. The van der Waals surface area contributed by atoms with Gasteiger partial charge in [0.05, 0.1) is 22.4 Å². The van der Waals surface area contributed by atoms with Crippen LogP contribution in [0.3, 0.4) is 0 Å². The normalized spacial score (nSPS) is 10.3. The van der Waals surface area contributed by atoms with Crippen molar-refractivity contribution in [2.24, 2.45) is 7.05 Å². The van der Waals surface area contributed by atoms with Gasteiger partial charge in [-0.3, -0.25) is 4.68 Å². The number of halogens is 1. The van der Waals surface area contributed by atoms with Gasteiger partial charge in [-0.25, -0.2) is 4.79 Å². The van der Waals surface area contributed by atoms with Crippen LogP contribution in [0.2, 0.25) is 0 Å². The number of amides is 1. The minimum absolute atomic E-state index is 0.327. The number of aryl methyl sites for hydroxylation is 2. The van der Waals surface area contributed by atoms with Crippen LogP contribution in [0, 0.1) is 6.92 Å². The van der Waals surface area contributed by atoms with E-state index in [0.717, 1.165) is 15.9 Å². The molecule has 1 aromatic heterocycles. The summed E-state index contributed by atoms with van der Waals surface area (Å²) in [6.07, 6.45) is -0.948. The highest BCUT2D eigenvalue weighted by molar-refractivity contribution is 9.10. The fraction of sp³-hybridized carbons (Fsp3) is 0.500. The molecule has 0 saturated carbocycles. The van der Waals surface area contributed by atoms with Crippen LogP contribution in [0.4, 0.5) is 4.79 Å². The monoisotopic (exact) mass is 261 g/mol. The topological polar surface area (TPSA) is 58.4 Å². The first kappa shape index (κ1) is 11.0. The zero-order chi connectivity index (χ0) is 10.9. The van der Waals surface area contributed by atoms with Gasteiger partial charge in [-0.05, 0) is 22.9 Å². The highest BCUT2D eigenvalue weighted by Crippen LogP contribution is 2.21. The molecule has 5 nitrogen and oxygen atoms in total. The van der Waals surface area contributed by atoms with Crippen molar-refractivity contribution < 1.29 is 9.90 Å². The van der Waals surface area contributed by atoms with Gasteiger partial charge in [-0.1, -0.05) is 0 Å². The van der Waals surface area contributed by atoms with Crippen LogP contribution in [-0.4, -0.2) is 32.9 Å². The Kier molecular flexibility index (Phi) is 3.15. The number of hydrogen-bond acceptors (Lipinski definition) is 2. The van der Waals surface area contributed by atoms with Crippen LogP contribution in [-0.2, 0) is 13.6 Å². The molecule has 14 heavy (non-hydrogen) atoms. The summed E-state index contributed by atoms with van der Waals surface area (Å²) >= 11 is 3.38. The maximum atomic E-state index is 10.6. The molecule has 0 aliphatic rings. The van der Waals surface area contributed by atoms with E-state index in [1.54, 1.807) is 11.7 Å². The zero-order valence-electron chi connectivity index (χ0n) is 8.28. The summed E-state index contributed by atoms with van der Waals surface area (Å²) in [6.45, 7) is 2.20. The van der Waals surface area contributed by atoms with Gasteiger partial charge in [-0.15, -0.1) is 0 Å². The number of nitrogens with zero attached hydrogens (tertiary/aromatic N) is 3. The van der Waals surface area contributed by atoms with Crippen molar-refractivity contribution in [3.8, 4) is 0 Å². The Labute approximate surface area is 90.4 Å². The van der Waals surface area contributed by atoms with Crippen LogP contribution in [0.15, 0.2) is 4.47 Å². The lowest BCUT2D eigenvalue weighted by molar-refractivity contribution is 0.152. The van der Waals surface area contributed by atoms with Crippen molar-refractivity contribution >= 4 is 22.0 Å². The molecule has 1 amide bonds. The van der Waals surface area contributed by atoms with Gasteiger partial charge in [0.1, 0.15) is 0 Å². The van der Waals surface area contributed by atoms with E-state index in [4.69, 9.17) is 5.11 Å². The highest BCUT2D eigenvalue weighted by atomic mass is 79.9. The maximum Gasteiger partial charge on any atom is 0.407 e. The van der Waals surface area contributed by atoms with Crippen LogP contribution in [0.1, 0.15) is 11.4 Å². The van der Waals surface area contributed by atoms with Crippen LogP contribution < -0.4 is 0 Å². The fourth-order valence-corrected chi connectivity index (χ4v) is 1.61. The summed E-state index contributed by atoms with van der Waals surface area (Å²) in [5.41, 5.74) is 1.72. The van der Waals surface area contributed by atoms with Crippen LogP contribution >= 0.6 is 15.9 Å². The molecule has 0 aromatic carbocycles. The summed E-state index contributed by atoms with van der Waals surface area (Å²) in [5.74, 6) is 0. The van der Waals surface area contributed by atoms with Crippen molar-refractivity contribution in [3.05, 3.63) is 15.9 Å². The molecular formula is C8H12BrN3O2. The summed E-state index contributed by atoms with van der Waals surface area (Å²) in [4.78, 5) is 11.8. The molecule has 1 aromatic rings. The van der Waals surface area contributed by atoms with E-state index in [-0.39, 0.29) is 0 Å². The second-order valence-corrected chi connectivity index (χ2v) is 3.90. The summed E-state index contributed by atoms with van der Waals surface area (Å²) in [5, 5.41) is 12.9. The first-order valence-electron chi connectivity index (χ1n) is 4.05. The van der Waals surface area contributed by atoms with E-state index in [1.807, 2.05) is 6.92 Å². The van der Waals surface area contributed by atoms with Crippen molar-refractivity contribution in [1.29, 1.82) is 0 Å². The largest absolute Gasteiger partial charge is 0.465 e. The first-order chi connectivity index (χ1) is 6.43. The van der Waals surface area contributed by atoms with Crippen LogP contribution in [0.25, 0.3) is 0 Å². The van der Waals surface area contributed by atoms with Crippen molar-refractivity contribution in [3.63, 3.8) is 0 Å². The average molecular weight is 262 g/mol. The molecule has 1 N–H and O–H groups in total. The Morgan fingerprint density at radius 2 is 2.29 bits per heavy atom. The second kappa shape index (κ2) is 4.00. The summed E-state index contributed by atoms with van der Waals surface area (Å²) in [7, 11) is 3.32. The number of carbonyl (C=O) groups is 1. The van der Waals surface area contributed by atoms with E-state index < -0.39 is 6.09 Å². The SMILES string of the molecule is Cc1nn(C)c(CN(C)C(=O)O)c1Br. The Hall–Kier alpha value is -1.04. The predicted molar refractivity (Wildman–Crippen MR) is 55.1 cm³/mol. The van der Waals surface area contributed by atoms with Gasteiger partial charge < -0.3 is 10.0 Å². The van der Waals surface area contributed by atoms with Gasteiger partial charge in [0.25, 0.3) is 0 Å². The van der Waals surface area contributed by atoms with Gasteiger partial charge in [0.2, 0.25) is 0 Å². The lowest BCUT2D eigenvalue weighted by Crippen LogP contribution is -2.25. The Morgan fingerprint density at radius 3 is 2.64 bits per heavy atom. The predicted octanol–water partition coefficient (Wildman–Crippen LogP) is 1.60. The first-order valence-corrected chi connectivity index (χ1v) is 4.84. The summed E-state index contributed by atoms with van der Waals surface area (Å²) in [6, 6.07) is 0. The molecular weight excluding hydrogens is 250 g/mol. The third kappa shape index (κ3) is 2.06. The fourth-order valence-electron chi connectivity index (χ4n) is 1.14. The number of rotatable bonds is 2. The Morgan fingerprint density at radius 1 is 1.71 bits per heavy atom. The Balaban J connectivity index is 2.91. The van der Waals surface area contributed by atoms with Gasteiger partial charge in [-0.2, -0.15) is 5.10 Å². The zero-order valence-corrected chi connectivity index (χ0v) is 9.87. The second-order valence-electron chi connectivity index (χ2n) is 3.11. The number of aromatic nitrogens is 2. The molecule has 0 aliphatic carbocycles. The standard InChI is InChI=1S/C8H12BrN3O2/c1-5-7(9)6(12(3)10-5)4-11(2)8(13)14/h4H2,1-3H3,(H,13,14). The molecule has 0 unspecified atom stereocenters. The lowest BCUT2D eigenvalue weighted by atomic mass is 10.3. The molecule has 0 spiro atoms. The molecule has 0 aliphatic heterocycles. The highest BCUT2D eigenvalue weighted by Gasteiger charge is 2.14. The van der Waals surface area contributed by atoms with E-state index in [0.29, 0.717) is 6.54 Å². The molecule has 0 bridgehead atoms. The third-order valence-electron chi connectivity index (χ3n) is 1.98. The Bertz CT molecular complexity index is 362. The van der Waals surface area contributed by atoms with Gasteiger partial charge in [0, 0.05) is 14.1 Å². The van der Waals surface area contributed by atoms with Crippen LogP contribution in [0.5, 0.6) is 0 Å². The van der Waals surface area contributed by atoms with Gasteiger partial charge >= 0.3 is 6.09 Å². The molecule has 6 heteroatoms. The number of carboxylic acid groups (broad SMARTS) is 1. The number of hydrogen-bond donors (Lipinski definition) is 1. The third-order valence-corrected chi connectivity index (χ3v) is 3.01. The van der Waals surface area contributed by atoms with Crippen molar-refractivity contribution in [1.82, 2.24) is 14.7 Å². The summed E-state index contributed by atoms with van der Waals surface area (Å²) < 4.78 is 2.55. The molecule has 0 radical (unpaired) electrons. The molecule has 0 fully saturated rings. The minimum Gasteiger partial charge on any atom is -0.465 e. The van der Waals surface area contributed by atoms with Crippen molar-refractivity contribution in [2.75, 3.05) is 7.05 Å².